The van der Waals surface area contributed by atoms with Crippen molar-refractivity contribution in [1.82, 2.24) is 5.32 Å². The molecule has 18 heavy (non-hydrogen) atoms. The fourth-order valence-corrected chi connectivity index (χ4v) is 4.28. The van der Waals surface area contributed by atoms with Gasteiger partial charge in [0.25, 0.3) is 0 Å². The van der Waals surface area contributed by atoms with E-state index in [1.807, 2.05) is 0 Å². The Bertz CT molecular complexity index is 464. The molecule has 2 heteroatoms. The fraction of sp³-hybridized carbons (Fsp3) is 0.625. The summed E-state index contributed by atoms with van der Waals surface area (Å²) in [7, 11) is 0. The Labute approximate surface area is 115 Å². The van der Waals surface area contributed by atoms with Gasteiger partial charge in [-0.3, -0.25) is 0 Å². The topological polar surface area (TPSA) is 12.0 Å². The van der Waals surface area contributed by atoms with Gasteiger partial charge >= 0.3 is 0 Å². The Balaban J connectivity index is 2.02. The molecule has 0 bridgehead atoms. The van der Waals surface area contributed by atoms with Gasteiger partial charge in [0.2, 0.25) is 0 Å². The van der Waals surface area contributed by atoms with Gasteiger partial charge < -0.3 is 5.32 Å². The SMILES string of the molecule is Cc1cc(C)c2c(c1)C(NC1CC1)C(C)C(C)S2. The molecule has 1 aliphatic heterocycles. The highest BCUT2D eigenvalue weighted by Gasteiger charge is 2.36. The third-order valence-corrected chi connectivity index (χ3v) is 5.94. The summed E-state index contributed by atoms with van der Waals surface area (Å²) in [6, 6.07) is 6.06. The third-order valence-electron chi connectivity index (χ3n) is 4.35. The van der Waals surface area contributed by atoms with E-state index in [9.17, 15) is 0 Å². The second-order valence-corrected chi connectivity index (χ2v) is 7.49. The number of hydrogen-bond donors (Lipinski definition) is 1. The molecule has 0 radical (unpaired) electrons. The van der Waals surface area contributed by atoms with Crippen LogP contribution in [-0.2, 0) is 0 Å². The van der Waals surface area contributed by atoms with Crippen molar-refractivity contribution in [2.45, 2.75) is 62.8 Å². The molecular weight excluding hydrogens is 238 g/mol. The van der Waals surface area contributed by atoms with Crippen LogP contribution in [0, 0.1) is 19.8 Å². The van der Waals surface area contributed by atoms with Crippen LogP contribution in [0.4, 0.5) is 0 Å². The maximum Gasteiger partial charge on any atom is 0.0370 e. The van der Waals surface area contributed by atoms with E-state index in [0.29, 0.717) is 17.2 Å². The van der Waals surface area contributed by atoms with E-state index < -0.39 is 0 Å². The summed E-state index contributed by atoms with van der Waals surface area (Å²) in [5.41, 5.74) is 4.41. The average molecular weight is 261 g/mol. The molecule has 1 heterocycles. The van der Waals surface area contributed by atoms with Gasteiger partial charge in [0.1, 0.15) is 0 Å². The Morgan fingerprint density at radius 1 is 1.17 bits per heavy atom. The maximum absolute atomic E-state index is 3.87. The monoisotopic (exact) mass is 261 g/mol. The van der Waals surface area contributed by atoms with E-state index in [4.69, 9.17) is 0 Å². The van der Waals surface area contributed by atoms with E-state index in [1.165, 1.54) is 28.9 Å². The highest BCUT2D eigenvalue weighted by molar-refractivity contribution is 8.00. The molecule has 0 aromatic heterocycles. The van der Waals surface area contributed by atoms with Crippen LogP contribution in [0.2, 0.25) is 0 Å². The molecule has 1 aliphatic carbocycles. The average Bonchev–Trinajstić information content (AvgIpc) is 3.10. The summed E-state index contributed by atoms with van der Waals surface area (Å²) in [6.45, 7) is 9.25. The van der Waals surface area contributed by atoms with Crippen LogP contribution in [0.15, 0.2) is 17.0 Å². The molecule has 1 N–H and O–H groups in total. The Hall–Kier alpha value is -0.470. The molecule has 3 unspecified atom stereocenters. The minimum Gasteiger partial charge on any atom is -0.307 e. The molecule has 1 fully saturated rings. The molecular formula is C16H23NS. The molecule has 3 rings (SSSR count). The highest BCUT2D eigenvalue weighted by Crippen LogP contribution is 2.46. The number of thioether (sulfide) groups is 1. The summed E-state index contributed by atoms with van der Waals surface area (Å²) in [4.78, 5) is 1.53. The predicted octanol–water partition coefficient (Wildman–Crippen LogP) is 4.23. The van der Waals surface area contributed by atoms with Crippen LogP contribution in [0.3, 0.4) is 0 Å². The zero-order valence-corrected chi connectivity index (χ0v) is 12.6. The van der Waals surface area contributed by atoms with E-state index in [1.54, 1.807) is 5.56 Å². The molecule has 98 valence electrons. The Kier molecular flexibility index (Phi) is 3.19. The minimum absolute atomic E-state index is 0.558. The zero-order chi connectivity index (χ0) is 12.9. The number of benzene rings is 1. The van der Waals surface area contributed by atoms with Crippen molar-refractivity contribution in [2.75, 3.05) is 0 Å². The first-order chi connectivity index (χ1) is 8.56. The third kappa shape index (κ3) is 2.21. The van der Waals surface area contributed by atoms with Crippen molar-refractivity contribution in [3.8, 4) is 0 Å². The van der Waals surface area contributed by atoms with Crippen molar-refractivity contribution >= 4 is 11.8 Å². The van der Waals surface area contributed by atoms with E-state index in [-0.39, 0.29) is 0 Å². The fourth-order valence-electron chi connectivity index (χ4n) is 2.97. The summed E-state index contributed by atoms with van der Waals surface area (Å²) in [6.07, 6.45) is 2.73. The van der Waals surface area contributed by atoms with Gasteiger partial charge in [-0.15, -0.1) is 11.8 Å². The van der Waals surface area contributed by atoms with E-state index in [0.717, 1.165) is 6.04 Å². The predicted molar refractivity (Wildman–Crippen MR) is 79.3 cm³/mol. The summed E-state index contributed by atoms with van der Waals surface area (Å²) in [5.74, 6) is 0.712. The molecule has 0 spiro atoms. The number of fused-ring (bicyclic) bond motifs is 1. The lowest BCUT2D eigenvalue weighted by Gasteiger charge is -2.37. The second-order valence-electron chi connectivity index (χ2n) is 6.10. The first kappa shape index (κ1) is 12.6. The first-order valence-corrected chi connectivity index (χ1v) is 7.98. The number of rotatable bonds is 2. The van der Waals surface area contributed by atoms with Crippen LogP contribution < -0.4 is 5.32 Å². The molecule has 2 aliphatic rings. The van der Waals surface area contributed by atoms with Crippen LogP contribution in [0.5, 0.6) is 0 Å². The summed E-state index contributed by atoms with van der Waals surface area (Å²) in [5, 5.41) is 4.57. The van der Waals surface area contributed by atoms with Gasteiger partial charge in [-0.25, -0.2) is 0 Å². The van der Waals surface area contributed by atoms with Gasteiger partial charge in [0.05, 0.1) is 0 Å². The maximum atomic E-state index is 3.87. The van der Waals surface area contributed by atoms with Crippen LogP contribution >= 0.6 is 11.8 Å². The standard InChI is InChI=1S/C16H23NS/c1-9-7-10(2)16-14(8-9)15(17-13-5-6-13)11(3)12(4)18-16/h7-8,11-13,15,17H,5-6H2,1-4H3. The number of nitrogens with one attached hydrogen (secondary N) is 1. The molecule has 1 nitrogen and oxygen atoms in total. The smallest absolute Gasteiger partial charge is 0.0370 e. The van der Waals surface area contributed by atoms with Gasteiger partial charge in [-0.1, -0.05) is 31.5 Å². The molecule has 0 amide bonds. The van der Waals surface area contributed by atoms with E-state index in [2.05, 4.69) is 56.9 Å². The Morgan fingerprint density at radius 3 is 2.56 bits per heavy atom. The van der Waals surface area contributed by atoms with E-state index >= 15 is 0 Å². The molecule has 1 saturated carbocycles. The summed E-state index contributed by atoms with van der Waals surface area (Å²) >= 11 is 2.07. The van der Waals surface area contributed by atoms with Crippen molar-refractivity contribution in [2.24, 2.45) is 5.92 Å². The quantitative estimate of drug-likeness (QED) is 0.855. The first-order valence-electron chi connectivity index (χ1n) is 7.10. The molecule has 1 aromatic rings. The molecule has 3 atom stereocenters. The van der Waals surface area contributed by atoms with Crippen molar-refractivity contribution in [1.29, 1.82) is 0 Å². The van der Waals surface area contributed by atoms with Gasteiger partial charge in [-0.2, -0.15) is 0 Å². The van der Waals surface area contributed by atoms with Crippen LogP contribution in [-0.4, -0.2) is 11.3 Å². The van der Waals surface area contributed by atoms with Crippen molar-refractivity contribution in [3.63, 3.8) is 0 Å². The lowest BCUT2D eigenvalue weighted by Crippen LogP contribution is -2.36. The van der Waals surface area contributed by atoms with Gasteiger partial charge in [0, 0.05) is 22.2 Å². The molecule has 1 aromatic carbocycles. The minimum atomic E-state index is 0.558. The molecule has 0 saturated heterocycles. The van der Waals surface area contributed by atoms with Crippen molar-refractivity contribution in [3.05, 3.63) is 28.8 Å². The van der Waals surface area contributed by atoms with Crippen LogP contribution in [0.25, 0.3) is 0 Å². The second kappa shape index (κ2) is 4.57. The van der Waals surface area contributed by atoms with Crippen molar-refractivity contribution < 1.29 is 0 Å². The van der Waals surface area contributed by atoms with Gasteiger partial charge in [0.15, 0.2) is 0 Å². The lowest BCUT2D eigenvalue weighted by molar-refractivity contribution is 0.369. The van der Waals surface area contributed by atoms with Crippen LogP contribution in [0.1, 0.15) is 49.4 Å². The lowest BCUT2D eigenvalue weighted by atomic mass is 9.89. The zero-order valence-electron chi connectivity index (χ0n) is 11.8. The van der Waals surface area contributed by atoms with Gasteiger partial charge in [-0.05, 0) is 43.7 Å². The number of aryl methyl sites for hydroxylation is 2. The largest absolute Gasteiger partial charge is 0.307 e. The Morgan fingerprint density at radius 2 is 1.89 bits per heavy atom. The highest BCUT2D eigenvalue weighted by atomic mass is 32.2. The normalized spacial score (nSPS) is 31.2. The number of hydrogen-bond acceptors (Lipinski definition) is 2. The summed E-state index contributed by atoms with van der Waals surface area (Å²) < 4.78 is 0.